The van der Waals surface area contributed by atoms with Crippen LogP contribution in [0.4, 0.5) is 13.2 Å². The monoisotopic (exact) mass is 260 g/mol. The van der Waals surface area contributed by atoms with Crippen LogP contribution in [0.5, 0.6) is 5.75 Å². The van der Waals surface area contributed by atoms with Crippen LogP contribution in [0.1, 0.15) is 24.8 Å². The van der Waals surface area contributed by atoms with Crippen molar-refractivity contribution < 1.29 is 22.6 Å². The fraction of sp³-hybridized carbons (Fsp3) is 0.538. The topological polar surface area (TPSA) is 18.5 Å². The van der Waals surface area contributed by atoms with E-state index in [0.717, 1.165) is 31.4 Å². The fourth-order valence-electron chi connectivity index (χ4n) is 1.89. The van der Waals surface area contributed by atoms with E-state index in [4.69, 9.17) is 9.47 Å². The summed E-state index contributed by atoms with van der Waals surface area (Å²) in [4.78, 5) is 0. The van der Waals surface area contributed by atoms with Gasteiger partial charge in [-0.1, -0.05) is 6.07 Å². The smallest absolute Gasteiger partial charge is 0.416 e. The first-order valence-corrected chi connectivity index (χ1v) is 5.97. The molecular weight excluding hydrogens is 245 g/mol. The second-order valence-electron chi connectivity index (χ2n) is 4.33. The minimum Gasteiger partial charge on any atom is -0.491 e. The van der Waals surface area contributed by atoms with E-state index in [2.05, 4.69) is 0 Å². The SMILES string of the molecule is FC(F)(F)c1cccc(OC[C@@H]2CCCCO2)c1. The van der Waals surface area contributed by atoms with E-state index in [9.17, 15) is 13.2 Å². The van der Waals surface area contributed by atoms with Crippen LogP contribution in [0.3, 0.4) is 0 Å². The van der Waals surface area contributed by atoms with Crippen molar-refractivity contribution >= 4 is 0 Å². The first kappa shape index (κ1) is 13.2. The van der Waals surface area contributed by atoms with Gasteiger partial charge in [-0.25, -0.2) is 0 Å². The van der Waals surface area contributed by atoms with E-state index in [1.165, 1.54) is 12.1 Å². The third-order valence-corrected chi connectivity index (χ3v) is 2.87. The fourth-order valence-corrected chi connectivity index (χ4v) is 1.89. The highest BCUT2D eigenvalue weighted by molar-refractivity contribution is 5.30. The van der Waals surface area contributed by atoms with E-state index in [1.54, 1.807) is 0 Å². The van der Waals surface area contributed by atoms with Gasteiger partial charge in [0.05, 0.1) is 11.7 Å². The Morgan fingerprint density at radius 3 is 2.78 bits per heavy atom. The number of hydrogen-bond donors (Lipinski definition) is 0. The zero-order chi connectivity index (χ0) is 13.0. The van der Waals surface area contributed by atoms with Crippen LogP contribution < -0.4 is 4.74 Å². The quantitative estimate of drug-likeness (QED) is 0.825. The van der Waals surface area contributed by atoms with E-state index in [1.807, 2.05) is 0 Å². The summed E-state index contributed by atoms with van der Waals surface area (Å²) in [5, 5.41) is 0. The van der Waals surface area contributed by atoms with Gasteiger partial charge in [-0.05, 0) is 37.5 Å². The molecule has 1 aromatic carbocycles. The Balaban J connectivity index is 1.92. The molecule has 1 aromatic rings. The molecule has 1 heterocycles. The van der Waals surface area contributed by atoms with Crippen molar-refractivity contribution in [2.75, 3.05) is 13.2 Å². The van der Waals surface area contributed by atoms with Crippen LogP contribution in [0, 0.1) is 0 Å². The lowest BCUT2D eigenvalue weighted by atomic mass is 10.1. The molecule has 0 bridgehead atoms. The van der Waals surface area contributed by atoms with E-state index in [-0.39, 0.29) is 11.9 Å². The maximum Gasteiger partial charge on any atom is 0.416 e. The molecule has 0 radical (unpaired) electrons. The van der Waals surface area contributed by atoms with E-state index < -0.39 is 11.7 Å². The predicted octanol–water partition coefficient (Wildman–Crippen LogP) is 3.65. The number of halogens is 3. The lowest BCUT2D eigenvalue weighted by Crippen LogP contribution is -2.25. The van der Waals surface area contributed by atoms with E-state index in [0.29, 0.717) is 13.2 Å². The lowest BCUT2D eigenvalue weighted by Gasteiger charge is -2.22. The van der Waals surface area contributed by atoms with Crippen LogP contribution in [0.25, 0.3) is 0 Å². The van der Waals surface area contributed by atoms with Gasteiger partial charge in [0.2, 0.25) is 0 Å². The van der Waals surface area contributed by atoms with Gasteiger partial charge >= 0.3 is 6.18 Å². The molecule has 0 aromatic heterocycles. The Kier molecular flexibility index (Phi) is 4.11. The summed E-state index contributed by atoms with van der Waals surface area (Å²) < 4.78 is 48.3. The molecule has 5 heteroatoms. The first-order chi connectivity index (χ1) is 8.55. The Morgan fingerprint density at radius 2 is 2.11 bits per heavy atom. The molecule has 0 saturated carbocycles. The summed E-state index contributed by atoms with van der Waals surface area (Å²) in [6.45, 7) is 1.01. The van der Waals surface area contributed by atoms with Crippen LogP contribution in [0.15, 0.2) is 24.3 Å². The molecule has 18 heavy (non-hydrogen) atoms. The molecule has 0 spiro atoms. The van der Waals surface area contributed by atoms with Gasteiger partial charge in [0.1, 0.15) is 12.4 Å². The molecule has 0 aliphatic carbocycles. The molecular formula is C13H15F3O2. The summed E-state index contributed by atoms with van der Waals surface area (Å²) in [6, 6.07) is 4.92. The highest BCUT2D eigenvalue weighted by Gasteiger charge is 2.30. The molecule has 0 amide bonds. The Morgan fingerprint density at radius 1 is 1.28 bits per heavy atom. The molecule has 1 saturated heterocycles. The highest BCUT2D eigenvalue weighted by atomic mass is 19.4. The molecule has 2 nitrogen and oxygen atoms in total. The average Bonchev–Trinajstić information content (AvgIpc) is 2.37. The number of alkyl halides is 3. The summed E-state index contributed by atoms with van der Waals surface area (Å²) in [7, 11) is 0. The third kappa shape index (κ3) is 3.63. The second kappa shape index (κ2) is 5.61. The zero-order valence-corrected chi connectivity index (χ0v) is 9.87. The standard InChI is InChI=1S/C13H15F3O2/c14-13(15,16)10-4-3-6-11(8-10)18-9-12-5-1-2-7-17-12/h3-4,6,8,12H,1-2,5,7,9H2/t12-/m0/s1. The van der Waals surface area contributed by atoms with Crippen molar-refractivity contribution in [2.45, 2.75) is 31.5 Å². The van der Waals surface area contributed by atoms with Crippen molar-refractivity contribution in [3.8, 4) is 5.75 Å². The van der Waals surface area contributed by atoms with Gasteiger partial charge in [-0.3, -0.25) is 0 Å². The molecule has 100 valence electrons. The van der Waals surface area contributed by atoms with Crippen LogP contribution in [0.2, 0.25) is 0 Å². The van der Waals surface area contributed by atoms with E-state index >= 15 is 0 Å². The van der Waals surface area contributed by atoms with Gasteiger partial charge in [-0.15, -0.1) is 0 Å². The van der Waals surface area contributed by atoms with Gasteiger partial charge in [0.15, 0.2) is 0 Å². The molecule has 2 rings (SSSR count). The number of benzene rings is 1. The van der Waals surface area contributed by atoms with Gasteiger partial charge in [0, 0.05) is 6.61 Å². The van der Waals surface area contributed by atoms with Crippen molar-refractivity contribution in [1.82, 2.24) is 0 Å². The molecule has 1 aliphatic heterocycles. The second-order valence-corrected chi connectivity index (χ2v) is 4.33. The zero-order valence-electron chi connectivity index (χ0n) is 9.87. The number of ether oxygens (including phenoxy) is 2. The normalized spacial score (nSPS) is 20.7. The summed E-state index contributed by atoms with van der Waals surface area (Å²) in [6.07, 6.45) is -1.32. The minimum absolute atomic E-state index is 0.00621. The third-order valence-electron chi connectivity index (χ3n) is 2.87. The van der Waals surface area contributed by atoms with Gasteiger partial charge in [-0.2, -0.15) is 13.2 Å². The number of rotatable bonds is 3. The van der Waals surface area contributed by atoms with Crippen molar-refractivity contribution in [3.63, 3.8) is 0 Å². The van der Waals surface area contributed by atoms with Crippen molar-refractivity contribution in [3.05, 3.63) is 29.8 Å². The maximum absolute atomic E-state index is 12.5. The van der Waals surface area contributed by atoms with Crippen molar-refractivity contribution in [1.29, 1.82) is 0 Å². The van der Waals surface area contributed by atoms with Gasteiger partial charge < -0.3 is 9.47 Å². The Hall–Kier alpha value is -1.23. The Bertz CT molecular complexity index is 384. The number of hydrogen-bond acceptors (Lipinski definition) is 2. The largest absolute Gasteiger partial charge is 0.491 e. The first-order valence-electron chi connectivity index (χ1n) is 5.97. The molecule has 0 unspecified atom stereocenters. The van der Waals surface area contributed by atoms with Gasteiger partial charge in [0.25, 0.3) is 0 Å². The molecule has 1 atom stereocenters. The van der Waals surface area contributed by atoms with Crippen molar-refractivity contribution in [2.24, 2.45) is 0 Å². The average molecular weight is 260 g/mol. The summed E-state index contributed by atoms with van der Waals surface area (Å²) in [5.41, 5.74) is -0.690. The summed E-state index contributed by atoms with van der Waals surface area (Å²) in [5.74, 6) is 0.235. The molecule has 0 N–H and O–H groups in total. The lowest BCUT2D eigenvalue weighted by molar-refractivity contribution is -0.137. The van der Waals surface area contributed by atoms with Crippen LogP contribution in [-0.4, -0.2) is 19.3 Å². The molecule has 1 fully saturated rings. The van der Waals surface area contributed by atoms with Crippen LogP contribution >= 0.6 is 0 Å². The predicted molar refractivity (Wildman–Crippen MR) is 60.5 cm³/mol. The maximum atomic E-state index is 12.5. The van der Waals surface area contributed by atoms with Crippen LogP contribution in [-0.2, 0) is 10.9 Å². The molecule has 1 aliphatic rings. The highest BCUT2D eigenvalue weighted by Crippen LogP contribution is 2.31. The summed E-state index contributed by atoms with van der Waals surface area (Å²) >= 11 is 0. The Labute approximate surface area is 104 Å². The minimum atomic E-state index is -4.33.